The smallest absolute Gasteiger partial charge is 0.247 e. The molecule has 1 amide bonds. The van der Waals surface area contributed by atoms with Crippen molar-refractivity contribution in [2.75, 3.05) is 10.2 Å². The molecule has 4 heterocycles. The second kappa shape index (κ2) is 6.87. The molecule has 1 aromatic carbocycles. The monoisotopic (exact) mass is 411 g/mol. The van der Waals surface area contributed by atoms with Gasteiger partial charge in [-0.2, -0.15) is 0 Å². The van der Waals surface area contributed by atoms with Gasteiger partial charge in [-0.05, 0) is 61.6 Å². The van der Waals surface area contributed by atoms with Crippen molar-refractivity contribution in [3.63, 3.8) is 0 Å². The zero-order valence-corrected chi connectivity index (χ0v) is 17.0. The molecule has 2 fully saturated rings. The Bertz CT molecular complexity index is 1290. The highest BCUT2D eigenvalue weighted by Crippen LogP contribution is 2.49. The van der Waals surface area contributed by atoms with Gasteiger partial charge < -0.3 is 10.2 Å². The van der Waals surface area contributed by atoms with E-state index in [2.05, 4.69) is 30.3 Å². The lowest BCUT2D eigenvalue weighted by molar-refractivity contribution is -0.117. The van der Waals surface area contributed by atoms with Crippen molar-refractivity contribution in [1.29, 1.82) is 0 Å². The summed E-state index contributed by atoms with van der Waals surface area (Å²) < 4.78 is 1.80. The van der Waals surface area contributed by atoms with Crippen LogP contribution in [-0.2, 0) is 4.79 Å². The van der Waals surface area contributed by atoms with Gasteiger partial charge in [0.25, 0.3) is 0 Å². The zero-order valence-electron chi connectivity index (χ0n) is 17.0. The fourth-order valence-corrected chi connectivity index (χ4v) is 4.53. The van der Waals surface area contributed by atoms with E-state index in [9.17, 15) is 4.79 Å². The molecule has 0 spiro atoms. The number of amides is 1. The van der Waals surface area contributed by atoms with Gasteiger partial charge in [0.15, 0.2) is 5.82 Å². The standard InChI is InChI=1S/C23H21N7O/c1-14-5-6-16(12-18(14)21-26-13-17-4-2-9-29(17)28-21)27-22(31)20-11-15-10-19(15)30(20)23-24-7-3-8-25-23/h2-9,12-13,15,19-20H,10-11H2,1H3,(H,27,31)/t15-,19-,20-/m0/s1. The molecule has 3 aromatic heterocycles. The molecule has 8 heteroatoms. The number of nitrogens with zero attached hydrogens (tertiary/aromatic N) is 6. The minimum Gasteiger partial charge on any atom is -0.325 e. The van der Waals surface area contributed by atoms with Gasteiger partial charge in [-0.3, -0.25) is 4.79 Å². The molecule has 2 aliphatic rings. The third kappa shape index (κ3) is 3.11. The van der Waals surface area contributed by atoms with E-state index in [-0.39, 0.29) is 11.9 Å². The molecular formula is C23H21N7O. The molecule has 154 valence electrons. The Labute approximate surface area is 179 Å². The summed E-state index contributed by atoms with van der Waals surface area (Å²) in [6.45, 7) is 2.02. The Hall–Kier alpha value is -3.81. The molecule has 8 nitrogen and oxygen atoms in total. The van der Waals surface area contributed by atoms with Crippen LogP contribution in [0.15, 0.2) is 61.2 Å². The number of aryl methyl sites for hydroxylation is 1. The molecule has 4 aromatic rings. The number of aromatic nitrogens is 5. The number of benzene rings is 1. The second-order valence-electron chi connectivity index (χ2n) is 8.25. The van der Waals surface area contributed by atoms with Crippen LogP contribution in [0, 0.1) is 12.8 Å². The molecule has 0 radical (unpaired) electrons. The van der Waals surface area contributed by atoms with Crippen LogP contribution in [-0.4, -0.2) is 42.6 Å². The lowest BCUT2D eigenvalue weighted by Crippen LogP contribution is -2.43. The van der Waals surface area contributed by atoms with Crippen molar-refractivity contribution in [2.24, 2.45) is 5.92 Å². The highest BCUT2D eigenvalue weighted by atomic mass is 16.2. The topological polar surface area (TPSA) is 88.3 Å². The molecule has 1 N–H and O–H groups in total. The average Bonchev–Trinajstić information content (AvgIpc) is 3.22. The maximum absolute atomic E-state index is 13.2. The molecule has 1 aliphatic heterocycles. The van der Waals surface area contributed by atoms with E-state index >= 15 is 0 Å². The van der Waals surface area contributed by atoms with Crippen LogP contribution in [0.5, 0.6) is 0 Å². The van der Waals surface area contributed by atoms with Crippen LogP contribution in [0.25, 0.3) is 16.9 Å². The lowest BCUT2D eigenvalue weighted by Gasteiger charge is -2.26. The van der Waals surface area contributed by atoms with Gasteiger partial charge in [0.1, 0.15) is 6.04 Å². The first kappa shape index (κ1) is 18.0. The molecule has 0 unspecified atom stereocenters. The maximum atomic E-state index is 13.2. The Kier molecular flexibility index (Phi) is 3.99. The van der Waals surface area contributed by atoms with Gasteiger partial charge in [-0.25, -0.2) is 19.5 Å². The van der Waals surface area contributed by atoms with Crippen LogP contribution >= 0.6 is 0 Å². The van der Waals surface area contributed by atoms with E-state index in [1.807, 2.05) is 43.5 Å². The molecule has 6 rings (SSSR count). The summed E-state index contributed by atoms with van der Waals surface area (Å²) in [7, 11) is 0. The first-order valence-electron chi connectivity index (χ1n) is 10.4. The largest absolute Gasteiger partial charge is 0.325 e. The van der Waals surface area contributed by atoms with Gasteiger partial charge in [-0.15, -0.1) is 5.10 Å². The van der Waals surface area contributed by atoms with E-state index in [0.29, 0.717) is 23.7 Å². The van der Waals surface area contributed by atoms with Gasteiger partial charge in [-0.1, -0.05) is 6.07 Å². The number of rotatable bonds is 4. The van der Waals surface area contributed by atoms with Crippen LogP contribution in [0.3, 0.4) is 0 Å². The Balaban J connectivity index is 1.27. The fraction of sp³-hybridized carbons (Fsp3) is 0.261. The number of piperidine rings is 1. The normalized spacial score (nSPS) is 21.8. The molecular weight excluding hydrogens is 390 g/mol. The number of hydrogen-bond donors (Lipinski definition) is 1. The summed E-state index contributed by atoms with van der Waals surface area (Å²) in [5, 5.41) is 7.70. The van der Waals surface area contributed by atoms with Crippen LogP contribution in [0.1, 0.15) is 18.4 Å². The first-order chi connectivity index (χ1) is 15.2. The molecule has 1 aliphatic carbocycles. The number of hydrogen-bond acceptors (Lipinski definition) is 6. The minimum atomic E-state index is -0.261. The number of carbonyl (C=O) groups excluding carboxylic acids is 1. The third-order valence-electron chi connectivity index (χ3n) is 6.22. The van der Waals surface area contributed by atoms with Crippen molar-refractivity contribution in [3.8, 4) is 11.4 Å². The Morgan fingerprint density at radius 1 is 1.10 bits per heavy atom. The van der Waals surface area contributed by atoms with Crippen molar-refractivity contribution >= 4 is 23.1 Å². The van der Waals surface area contributed by atoms with Crippen molar-refractivity contribution in [2.45, 2.75) is 31.8 Å². The third-order valence-corrected chi connectivity index (χ3v) is 6.22. The number of anilines is 2. The SMILES string of the molecule is Cc1ccc(NC(=O)[C@@H]2C[C@@H]3C[C@@H]3N2c2ncccn2)cc1-c1ncc2cccn2n1. The minimum absolute atomic E-state index is 0.0313. The average molecular weight is 411 g/mol. The van der Waals surface area contributed by atoms with Crippen LogP contribution in [0.2, 0.25) is 0 Å². The van der Waals surface area contributed by atoms with E-state index < -0.39 is 0 Å². The zero-order chi connectivity index (χ0) is 20.9. The van der Waals surface area contributed by atoms with Gasteiger partial charge in [0.05, 0.1) is 11.7 Å². The highest BCUT2D eigenvalue weighted by molar-refractivity contribution is 5.98. The Morgan fingerprint density at radius 2 is 1.97 bits per heavy atom. The summed E-state index contributed by atoms with van der Waals surface area (Å²) in [5.74, 6) is 1.77. The van der Waals surface area contributed by atoms with Gasteiger partial charge in [0.2, 0.25) is 11.9 Å². The molecule has 31 heavy (non-hydrogen) atoms. The summed E-state index contributed by atoms with van der Waals surface area (Å²) >= 11 is 0. The number of nitrogens with one attached hydrogen (secondary N) is 1. The molecule has 0 bridgehead atoms. The highest BCUT2D eigenvalue weighted by Gasteiger charge is 2.55. The predicted octanol–water partition coefficient (Wildman–Crippen LogP) is 3.10. The summed E-state index contributed by atoms with van der Waals surface area (Å²) in [4.78, 5) is 28.5. The lowest BCUT2D eigenvalue weighted by atomic mass is 10.1. The van der Waals surface area contributed by atoms with Crippen molar-refractivity contribution in [1.82, 2.24) is 24.6 Å². The quantitative estimate of drug-likeness (QED) is 0.555. The van der Waals surface area contributed by atoms with Crippen LogP contribution < -0.4 is 10.2 Å². The molecule has 3 atom stereocenters. The first-order valence-corrected chi connectivity index (χ1v) is 10.4. The fourth-order valence-electron chi connectivity index (χ4n) is 4.53. The second-order valence-corrected chi connectivity index (χ2v) is 8.25. The van der Waals surface area contributed by atoms with Gasteiger partial charge in [0, 0.05) is 35.9 Å². The summed E-state index contributed by atoms with van der Waals surface area (Å²) in [6.07, 6.45) is 9.08. The van der Waals surface area contributed by atoms with Crippen molar-refractivity contribution < 1.29 is 4.79 Å². The van der Waals surface area contributed by atoms with Gasteiger partial charge >= 0.3 is 0 Å². The Morgan fingerprint density at radius 3 is 2.84 bits per heavy atom. The number of fused-ring (bicyclic) bond motifs is 2. The maximum Gasteiger partial charge on any atom is 0.247 e. The summed E-state index contributed by atoms with van der Waals surface area (Å²) in [5.41, 5.74) is 3.61. The van der Waals surface area contributed by atoms with E-state index in [1.54, 1.807) is 29.2 Å². The van der Waals surface area contributed by atoms with Crippen molar-refractivity contribution in [3.05, 3.63) is 66.7 Å². The predicted molar refractivity (Wildman–Crippen MR) is 117 cm³/mol. The van der Waals surface area contributed by atoms with Crippen LogP contribution in [0.4, 0.5) is 11.6 Å². The number of carbonyl (C=O) groups is 1. The van der Waals surface area contributed by atoms with E-state index in [4.69, 9.17) is 0 Å². The summed E-state index contributed by atoms with van der Waals surface area (Å²) in [6, 6.07) is 11.6. The van der Waals surface area contributed by atoms with E-state index in [1.165, 1.54) is 0 Å². The molecule has 1 saturated heterocycles. The van der Waals surface area contributed by atoms with E-state index in [0.717, 1.165) is 35.2 Å². The molecule has 1 saturated carbocycles.